The van der Waals surface area contributed by atoms with E-state index >= 15 is 0 Å². The molecule has 15 heavy (non-hydrogen) atoms. The molecule has 82 valence electrons. The van der Waals surface area contributed by atoms with Crippen molar-refractivity contribution in [1.82, 2.24) is 0 Å². The average molecular weight is 224 g/mol. The van der Waals surface area contributed by atoms with Crippen LogP contribution in [0.3, 0.4) is 0 Å². The van der Waals surface area contributed by atoms with Crippen molar-refractivity contribution < 1.29 is 9.53 Å². The summed E-state index contributed by atoms with van der Waals surface area (Å²) in [6, 6.07) is 1.91. The van der Waals surface area contributed by atoms with Gasteiger partial charge >= 0.3 is 0 Å². The van der Waals surface area contributed by atoms with Crippen LogP contribution < -0.4 is 0 Å². The van der Waals surface area contributed by atoms with Crippen LogP contribution in [0.25, 0.3) is 0 Å². The van der Waals surface area contributed by atoms with Crippen molar-refractivity contribution in [1.29, 1.82) is 0 Å². The zero-order chi connectivity index (χ0) is 10.9. The van der Waals surface area contributed by atoms with Gasteiger partial charge in [-0.25, -0.2) is 0 Å². The second kappa shape index (κ2) is 4.06. The molecule has 1 fully saturated rings. The van der Waals surface area contributed by atoms with Gasteiger partial charge in [-0.15, -0.1) is 11.3 Å². The number of Topliss-reactive ketones (excluding diaryl/α,β-unsaturated/α-hetero) is 1. The molecule has 0 saturated carbocycles. The van der Waals surface area contributed by atoms with Crippen LogP contribution in [-0.4, -0.2) is 18.0 Å². The molecule has 0 aromatic carbocycles. The van der Waals surface area contributed by atoms with E-state index in [1.807, 2.05) is 25.3 Å². The maximum absolute atomic E-state index is 12.3. The highest BCUT2D eigenvalue weighted by molar-refractivity contribution is 7.10. The molecule has 3 heteroatoms. The number of carbonyl (C=O) groups excluding carboxylic acids is 1. The Morgan fingerprint density at radius 2 is 2.33 bits per heavy atom. The Hall–Kier alpha value is -0.670. The number of hydrogen-bond donors (Lipinski definition) is 0. The van der Waals surface area contributed by atoms with Crippen LogP contribution in [0.4, 0.5) is 0 Å². The molecule has 2 rings (SSSR count). The number of hydrogen-bond acceptors (Lipinski definition) is 3. The van der Waals surface area contributed by atoms with E-state index < -0.39 is 5.60 Å². The minimum absolute atomic E-state index is 0.154. The Bertz CT molecular complexity index is 361. The van der Waals surface area contributed by atoms with Crippen LogP contribution in [-0.2, 0) is 4.74 Å². The van der Waals surface area contributed by atoms with Gasteiger partial charge in [0.25, 0.3) is 0 Å². The van der Waals surface area contributed by atoms with Gasteiger partial charge in [0.2, 0.25) is 0 Å². The normalized spacial score (nSPS) is 26.5. The van der Waals surface area contributed by atoms with Crippen molar-refractivity contribution in [3.05, 3.63) is 21.9 Å². The zero-order valence-corrected chi connectivity index (χ0v) is 10.0. The summed E-state index contributed by atoms with van der Waals surface area (Å²) in [5, 5.41) is 1.97. The van der Waals surface area contributed by atoms with Crippen molar-refractivity contribution in [3.8, 4) is 0 Å². The number of ether oxygens (including phenoxy) is 1. The summed E-state index contributed by atoms with van der Waals surface area (Å²) in [7, 11) is 0. The maximum atomic E-state index is 12.3. The van der Waals surface area contributed by atoms with Gasteiger partial charge < -0.3 is 4.74 Å². The van der Waals surface area contributed by atoms with Crippen molar-refractivity contribution in [3.63, 3.8) is 0 Å². The monoisotopic (exact) mass is 224 g/mol. The van der Waals surface area contributed by atoms with E-state index in [1.54, 1.807) is 11.3 Å². The second-order valence-corrected chi connectivity index (χ2v) is 5.38. The van der Waals surface area contributed by atoms with Crippen LogP contribution in [0.5, 0.6) is 0 Å². The number of thiophene rings is 1. The molecule has 1 aliphatic rings. The summed E-state index contributed by atoms with van der Waals surface area (Å²) >= 11 is 1.62. The first kappa shape index (κ1) is 10.8. The minimum Gasteiger partial charge on any atom is -0.367 e. The molecule has 2 nitrogen and oxygen atoms in total. The quantitative estimate of drug-likeness (QED) is 0.721. The van der Waals surface area contributed by atoms with Crippen LogP contribution in [0, 0.1) is 6.92 Å². The summed E-state index contributed by atoms with van der Waals surface area (Å²) in [6.45, 7) is 4.63. The third-order valence-corrected chi connectivity index (χ3v) is 3.90. The number of carbonyl (C=O) groups is 1. The van der Waals surface area contributed by atoms with Crippen LogP contribution >= 0.6 is 11.3 Å². The van der Waals surface area contributed by atoms with Gasteiger partial charge in [0.1, 0.15) is 5.60 Å². The van der Waals surface area contributed by atoms with E-state index in [4.69, 9.17) is 4.74 Å². The van der Waals surface area contributed by atoms with Crippen molar-refractivity contribution >= 4 is 17.1 Å². The lowest BCUT2D eigenvalue weighted by atomic mass is 9.88. The molecule has 1 aromatic rings. The van der Waals surface area contributed by atoms with E-state index in [0.717, 1.165) is 29.7 Å². The van der Waals surface area contributed by atoms with Crippen LogP contribution in [0.1, 0.15) is 41.4 Å². The lowest BCUT2D eigenvalue weighted by Crippen LogP contribution is -2.41. The molecule has 2 heterocycles. The molecule has 1 unspecified atom stereocenters. The van der Waals surface area contributed by atoms with E-state index in [-0.39, 0.29) is 5.78 Å². The molecule has 0 N–H and O–H groups in total. The Labute approximate surface area is 94.3 Å². The highest BCUT2D eigenvalue weighted by atomic mass is 32.1. The van der Waals surface area contributed by atoms with Crippen molar-refractivity contribution in [2.75, 3.05) is 6.61 Å². The molecule has 0 spiro atoms. The molecule has 1 atom stereocenters. The highest BCUT2D eigenvalue weighted by Crippen LogP contribution is 2.30. The third-order valence-electron chi connectivity index (χ3n) is 3.05. The Morgan fingerprint density at radius 1 is 1.53 bits per heavy atom. The summed E-state index contributed by atoms with van der Waals surface area (Å²) in [4.78, 5) is 13.4. The molecule has 0 bridgehead atoms. The molecular formula is C12H16O2S. The highest BCUT2D eigenvalue weighted by Gasteiger charge is 2.37. The Morgan fingerprint density at radius 3 is 2.87 bits per heavy atom. The van der Waals surface area contributed by atoms with E-state index in [1.165, 1.54) is 0 Å². The molecule has 1 saturated heterocycles. The second-order valence-electron chi connectivity index (χ2n) is 4.26. The van der Waals surface area contributed by atoms with Crippen LogP contribution in [0.15, 0.2) is 11.4 Å². The van der Waals surface area contributed by atoms with Gasteiger partial charge in [-0.05, 0) is 44.6 Å². The van der Waals surface area contributed by atoms with Crippen molar-refractivity contribution in [2.45, 2.75) is 38.7 Å². The molecule has 0 amide bonds. The standard InChI is InChI=1S/C12H16O2S/c1-9-10(5-8-15-9)11(13)12(2)6-3-4-7-14-12/h5,8H,3-4,6-7H2,1-2H3. The predicted molar refractivity (Wildman–Crippen MR) is 61.6 cm³/mol. The number of rotatable bonds is 2. The SMILES string of the molecule is Cc1sccc1C(=O)C1(C)CCCCO1. The fraction of sp³-hybridized carbons (Fsp3) is 0.583. The maximum Gasteiger partial charge on any atom is 0.195 e. The van der Waals surface area contributed by atoms with E-state index in [9.17, 15) is 4.79 Å². The molecule has 1 aromatic heterocycles. The van der Waals surface area contributed by atoms with Gasteiger partial charge in [-0.1, -0.05) is 0 Å². The summed E-state index contributed by atoms with van der Waals surface area (Å²) in [5.41, 5.74) is 0.258. The lowest BCUT2D eigenvalue weighted by Gasteiger charge is -2.32. The fourth-order valence-electron chi connectivity index (χ4n) is 2.02. The lowest BCUT2D eigenvalue weighted by molar-refractivity contribution is -0.0426. The van der Waals surface area contributed by atoms with E-state index in [0.29, 0.717) is 6.61 Å². The first-order chi connectivity index (χ1) is 7.13. The average Bonchev–Trinajstić information content (AvgIpc) is 2.64. The minimum atomic E-state index is -0.579. The third kappa shape index (κ3) is 1.99. The van der Waals surface area contributed by atoms with Crippen molar-refractivity contribution in [2.24, 2.45) is 0 Å². The van der Waals surface area contributed by atoms with Gasteiger partial charge in [0.15, 0.2) is 5.78 Å². The molecule has 0 aliphatic carbocycles. The summed E-state index contributed by atoms with van der Waals surface area (Å²) < 4.78 is 5.66. The largest absolute Gasteiger partial charge is 0.367 e. The first-order valence-corrected chi connectivity index (χ1v) is 6.24. The number of ketones is 1. The topological polar surface area (TPSA) is 26.3 Å². The van der Waals surface area contributed by atoms with Gasteiger partial charge in [0, 0.05) is 17.0 Å². The van der Waals surface area contributed by atoms with Crippen LogP contribution in [0.2, 0.25) is 0 Å². The Balaban J connectivity index is 2.23. The van der Waals surface area contributed by atoms with Gasteiger partial charge in [-0.3, -0.25) is 4.79 Å². The Kier molecular flexibility index (Phi) is 2.94. The van der Waals surface area contributed by atoms with Gasteiger partial charge in [-0.2, -0.15) is 0 Å². The molecule has 0 radical (unpaired) electrons. The van der Waals surface area contributed by atoms with E-state index in [2.05, 4.69) is 0 Å². The smallest absolute Gasteiger partial charge is 0.195 e. The molecular weight excluding hydrogens is 208 g/mol. The summed E-state index contributed by atoms with van der Waals surface area (Å²) in [5.74, 6) is 0.154. The predicted octanol–water partition coefficient (Wildman–Crippen LogP) is 3.20. The zero-order valence-electron chi connectivity index (χ0n) is 9.21. The molecule has 1 aliphatic heterocycles. The first-order valence-electron chi connectivity index (χ1n) is 5.36. The van der Waals surface area contributed by atoms with Gasteiger partial charge in [0.05, 0.1) is 0 Å². The summed E-state index contributed by atoms with van der Waals surface area (Å²) in [6.07, 6.45) is 3.01. The fourth-order valence-corrected chi connectivity index (χ4v) is 2.71. The number of aryl methyl sites for hydroxylation is 1.